The fourth-order valence-corrected chi connectivity index (χ4v) is 5.32. The summed E-state index contributed by atoms with van der Waals surface area (Å²) in [6, 6.07) is 9.00. The van der Waals surface area contributed by atoms with E-state index in [4.69, 9.17) is 9.47 Å². The predicted octanol–water partition coefficient (Wildman–Crippen LogP) is 4.14. The minimum absolute atomic E-state index is 0.0202. The number of amides is 1. The van der Waals surface area contributed by atoms with E-state index < -0.39 is 27.5 Å². The van der Waals surface area contributed by atoms with E-state index in [0.29, 0.717) is 3.57 Å². The van der Waals surface area contributed by atoms with E-state index in [-0.39, 0.29) is 58.2 Å². The average molecular weight is 686 g/mol. The molecule has 1 saturated carbocycles. The Hall–Kier alpha value is -3.37. The SMILES string of the molecule is CCNS(=O)(=O)Nc1cccc(Oc2c(C(=O)NC3CC3)c(Nc3ccc(I)cc3F)n(C)c(=O)c2C)c1OC. The average Bonchev–Trinajstić information content (AvgIpc) is 3.70. The van der Waals surface area contributed by atoms with Crippen LogP contribution >= 0.6 is 22.6 Å². The summed E-state index contributed by atoms with van der Waals surface area (Å²) in [5, 5.41) is 5.81. The van der Waals surface area contributed by atoms with Gasteiger partial charge >= 0.3 is 0 Å². The normalized spacial score (nSPS) is 13.1. The van der Waals surface area contributed by atoms with Crippen LogP contribution in [0.4, 0.5) is 21.6 Å². The minimum Gasteiger partial charge on any atom is -0.491 e. The van der Waals surface area contributed by atoms with E-state index in [0.717, 1.165) is 12.8 Å². The van der Waals surface area contributed by atoms with E-state index >= 15 is 0 Å². The maximum atomic E-state index is 14.8. The molecule has 40 heavy (non-hydrogen) atoms. The largest absolute Gasteiger partial charge is 0.491 e. The third kappa shape index (κ3) is 6.50. The van der Waals surface area contributed by atoms with Crippen LogP contribution in [-0.4, -0.2) is 38.6 Å². The summed E-state index contributed by atoms with van der Waals surface area (Å²) in [6.45, 7) is 3.30. The van der Waals surface area contributed by atoms with Crippen LogP contribution in [0.15, 0.2) is 41.2 Å². The van der Waals surface area contributed by atoms with Crippen LogP contribution in [0.2, 0.25) is 0 Å². The lowest BCUT2D eigenvalue weighted by Gasteiger charge is -2.22. The molecule has 1 aromatic heterocycles. The van der Waals surface area contributed by atoms with Crippen LogP contribution in [0, 0.1) is 16.3 Å². The first-order chi connectivity index (χ1) is 19.0. The Labute approximate surface area is 244 Å². The van der Waals surface area contributed by atoms with Crippen molar-refractivity contribution in [2.75, 3.05) is 23.7 Å². The fourth-order valence-electron chi connectivity index (χ4n) is 3.97. The van der Waals surface area contributed by atoms with Gasteiger partial charge in [0.15, 0.2) is 17.2 Å². The maximum absolute atomic E-state index is 14.8. The summed E-state index contributed by atoms with van der Waals surface area (Å²) in [4.78, 5) is 26.9. The Bertz CT molecular complexity index is 1620. The highest BCUT2D eigenvalue weighted by Crippen LogP contribution is 2.41. The Morgan fingerprint density at radius 3 is 2.52 bits per heavy atom. The molecule has 214 valence electrons. The molecule has 1 aliphatic rings. The van der Waals surface area contributed by atoms with E-state index in [1.54, 1.807) is 13.0 Å². The van der Waals surface area contributed by atoms with E-state index in [2.05, 4.69) is 20.1 Å². The fraction of sp³-hybridized carbons (Fsp3) is 0.308. The second-order valence-corrected chi connectivity index (χ2v) is 11.8. The smallest absolute Gasteiger partial charge is 0.299 e. The molecule has 1 fully saturated rings. The number of methoxy groups -OCH3 is 1. The highest BCUT2D eigenvalue weighted by atomic mass is 127. The number of benzene rings is 2. The van der Waals surface area contributed by atoms with Crippen molar-refractivity contribution in [2.45, 2.75) is 32.7 Å². The number of pyridine rings is 1. The lowest BCUT2D eigenvalue weighted by Crippen LogP contribution is -2.32. The molecule has 4 N–H and O–H groups in total. The molecule has 0 spiro atoms. The zero-order chi connectivity index (χ0) is 29.2. The maximum Gasteiger partial charge on any atom is 0.299 e. The highest BCUT2D eigenvalue weighted by Gasteiger charge is 2.31. The van der Waals surface area contributed by atoms with Crippen LogP contribution in [0.3, 0.4) is 0 Å². The van der Waals surface area contributed by atoms with Crippen LogP contribution in [0.5, 0.6) is 17.2 Å². The molecule has 4 rings (SSSR count). The summed E-state index contributed by atoms with van der Waals surface area (Å²) in [5.74, 6) is -1.09. The molecule has 3 aromatic rings. The van der Waals surface area contributed by atoms with Gasteiger partial charge in [0, 0.05) is 23.2 Å². The summed E-state index contributed by atoms with van der Waals surface area (Å²) in [7, 11) is -1.10. The minimum atomic E-state index is -3.90. The Morgan fingerprint density at radius 2 is 1.90 bits per heavy atom. The summed E-state index contributed by atoms with van der Waals surface area (Å²) in [5.41, 5.74) is -0.272. The lowest BCUT2D eigenvalue weighted by atomic mass is 10.1. The number of halogens is 2. The zero-order valence-electron chi connectivity index (χ0n) is 22.2. The second kappa shape index (κ2) is 12.0. The van der Waals surface area contributed by atoms with Gasteiger partial charge in [-0.1, -0.05) is 13.0 Å². The zero-order valence-corrected chi connectivity index (χ0v) is 25.2. The number of carbonyl (C=O) groups is 1. The first-order valence-corrected chi connectivity index (χ1v) is 14.9. The number of hydrogen-bond donors (Lipinski definition) is 4. The number of anilines is 3. The van der Waals surface area contributed by atoms with Gasteiger partial charge in [-0.2, -0.15) is 13.1 Å². The molecule has 0 bridgehead atoms. The van der Waals surface area contributed by atoms with Gasteiger partial charge in [0.05, 0.1) is 24.0 Å². The molecule has 0 aliphatic heterocycles. The van der Waals surface area contributed by atoms with E-state index in [1.807, 2.05) is 22.6 Å². The molecule has 2 aromatic carbocycles. The van der Waals surface area contributed by atoms with Crippen molar-refractivity contribution in [3.8, 4) is 17.2 Å². The number of hydrogen-bond acceptors (Lipinski definition) is 7. The number of para-hydroxylation sites is 1. The van der Waals surface area contributed by atoms with Crippen LogP contribution in [0.1, 0.15) is 35.7 Å². The van der Waals surface area contributed by atoms with Gasteiger partial charge < -0.3 is 20.1 Å². The number of ether oxygens (including phenoxy) is 2. The van der Waals surface area contributed by atoms with Gasteiger partial charge in [0.25, 0.3) is 21.7 Å². The molecular formula is C26H29FIN5O6S. The number of nitrogens with one attached hydrogen (secondary N) is 4. The van der Waals surface area contributed by atoms with Crippen molar-refractivity contribution in [3.63, 3.8) is 0 Å². The van der Waals surface area contributed by atoms with Gasteiger partial charge in [-0.05, 0) is 72.7 Å². The highest BCUT2D eigenvalue weighted by molar-refractivity contribution is 14.1. The molecule has 1 heterocycles. The third-order valence-corrected chi connectivity index (χ3v) is 7.89. The molecule has 0 radical (unpaired) electrons. The Kier molecular flexibility index (Phi) is 8.90. The Morgan fingerprint density at radius 1 is 1.18 bits per heavy atom. The number of rotatable bonds is 11. The predicted molar refractivity (Wildman–Crippen MR) is 159 cm³/mol. The third-order valence-electron chi connectivity index (χ3n) is 6.06. The van der Waals surface area contributed by atoms with Crippen molar-refractivity contribution < 1.29 is 27.1 Å². The number of nitrogens with zero attached hydrogens (tertiary/aromatic N) is 1. The number of carbonyl (C=O) groups excluding carboxylic acids is 1. The molecule has 0 unspecified atom stereocenters. The molecule has 1 aliphatic carbocycles. The van der Waals surface area contributed by atoms with Gasteiger partial charge in [0.1, 0.15) is 17.2 Å². The molecule has 0 atom stereocenters. The van der Waals surface area contributed by atoms with Crippen LogP contribution in [-0.2, 0) is 17.3 Å². The quantitative estimate of drug-likeness (QED) is 0.223. The van der Waals surface area contributed by atoms with E-state index in [1.165, 1.54) is 56.0 Å². The monoisotopic (exact) mass is 685 g/mol. The molecular weight excluding hydrogens is 656 g/mol. The van der Waals surface area contributed by atoms with E-state index in [9.17, 15) is 22.4 Å². The molecule has 11 nitrogen and oxygen atoms in total. The topological polar surface area (TPSA) is 140 Å². The second-order valence-electron chi connectivity index (χ2n) is 9.08. The van der Waals surface area contributed by atoms with Crippen molar-refractivity contribution in [3.05, 3.63) is 67.3 Å². The lowest BCUT2D eigenvalue weighted by molar-refractivity contribution is 0.0948. The standard InChI is InChI=1S/C26H29FIN5O6S/c1-5-29-40(36,37)32-19-7-6-8-20(23(19)38-4)39-22-14(2)26(35)33(3)24(21(22)25(34)30-16-10-11-16)31-18-12-9-15(28)13-17(18)27/h6-9,12-13,16,29,31-32H,5,10-11H2,1-4H3,(H,30,34). The van der Waals surface area contributed by atoms with Gasteiger partial charge in [-0.3, -0.25) is 18.9 Å². The molecule has 0 saturated heterocycles. The summed E-state index contributed by atoms with van der Waals surface area (Å²) < 4.78 is 57.7. The summed E-state index contributed by atoms with van der Waals surface area (Å²) in [6.07, 6.45) is 1.62. The molecule has 14 heteroatoms. The first-order valence-electron chi connectivity index (χ1n) is 12.3. The molecule has 1 amide bonds. The number of aromatic nitrogens is 1. The van der Waals surface area contributed by atoms with Crippen LogP contribution < -0.4 is 35.1 Å². The Balaban J connectivity index is 1.88. The van der Waals surface area contributed by atoms with Crippen LogP contribution in [0.25, 0.3) is 0 Å². The van der Waals surface area contributed by atoms with Gasteiger partial charge in [0.2, 0.25) is 0 Å². The first kappa shape index (κ1) is 29.6. The van der Waals surface area contributed by atoms with Gasteiger partial charge in [-0.25, -0.2) is 4.39 Å². The van der Waals surface area contributed by atoms with Crippen molar-refractivity contribution in [1.82, 2.24) is 14.6 Å². The van der Waals surface area contributed by atoms with Crippen molar-refractivity contribution >= 4 is 55.9 Å². The van der Waals surface area contributed by atoms with Crippen molar-refractivity contribution in [1.29, 1.82) is 0 Å². The summed E-state index contributed by atoms with van der Waals surface area (Å²) >= 11 is 1.98. The van der Waals surface area contributed by atoms with Gasteiger partial charge in [-0.15, -0.1) is 0 Å². The van der Waals surface area contributed by atoms with Crippen molar-refractivity contribution in [2.24, 2.45) is 7.05 Å².